The number of anilines is 2. The molecule has 0 bridgehead atoms. The second-order valence-corrected chi connectivity index (χ2v) is 11.4. The molecular formula is C38H27ClF8N2O4. The molecule has 53 heavy (non-hydrogen) atoms. The first-order valence-electron chi connectivity index (χ1n) is 14.9. The minimum atomic E-state index is -4.68. The second kappa shape index (κ2) is 16.2. The zero-order chi connectivity index (χ0) is 37.8. The fourth-order valence-electron chi connectivity index (χ4n) is 4.86. The number of hydrogen-bond acceptors (Lipinski definition) is 4. The van der Waals surface area contributed by atoms with Gasteiger partial charge in [0, 0.05) is 39.7 Å². The van der Waals surface area contributed by atoms with E-state index in [2.05, 4.69) is 10.6 Å². The van der Waals surface area contributed by atoms with E-state index in [1.807, 2.05) is 13.0 Å². The second-order valence-electron chi connectivity index (χ2n) is 11.0. The average molecular weight is 763 g/mol. The van der Waals surface area contributed by atoms with Crippen molar-refractivity contribution in [1.82, 2.24) is 0 Å². The quantitative estimate of drug-likeness (QED) is 0.166. The van der Waals surface area contributed by atoms with Crippen LogP contribution in [0.15, 0.2) is 118 Å². The van der Waals surface area contributed by atoms with Crippen molar-refractivity contribution in [3.8, 4) is 22.6 Å². The summed E-state index contributed by atoms with van der Waals surface area (Å²) in [5.74, 6) is -6.00. The number of furan rings is 2. The summed E-state index contributed by atoms with van der Waals surface area (Å²) in [6.45, 7) is 1.83. The molecule has 0 radical (unpaired) electrons. The van der Waals surface area contributed by atoms with Gasteiger partial charge in [0.15, 0.2) is 23.2 Å². The maximum atomic E-state index is 14.2. The van der Waals surface area contributed by atoms with Crippen molar-refractivity contribution < 1.29 is 53.5 Å². The number of rotatable bonds is 6. The van der Waals surface area contributed by atoms with E-state index in [1.54, 1.807) is 30.3 Å². The van der Waals surface area contributed by atoms with Gasteiger partial charge in [-0.05, 0) is 55.0 Å². The minimum Gasteiger partial charge on any atom is -0.448 e. The fraction of sp³-hybridized carbons (Fsp3) is 0.105. The highest BCUT2D eigenvalue weighted by Crippen LogP contribution is 2.40. The Labute approximate surface area is 302 Å². The topological polar surface area (TPSA) is 84.5 Å². The molecule has 0 aliphatic carbocycles. The molecule has 15 heteroatoms. The fourth-order valence-corrected chi connectivity index (χ4v) is 5.05. The van der Waals surface area contributed by atoms with Gasteiger partial charge in [-0.15, -0.1) is 0 Å². The molecular weight excluding hydrogens is 736 g/mol. The van der Waals surface area contributed by atoms with Gasteiger partial charge in [-0.25, -0.2) is 8.78 Å². The summed E-state index contributed by atoms with van der Waals surface area (Å²) < 4.78 is 117. The number of halogens is 9. The van der Waals surface area contributed by atoms with Crippen LogP contribution in [-0.4, -0.2) is 11.8 Å². The Kier molecular flexibility index (Phi) is 12.2. The summed E-state index contributed by atoms with van der Waals surface area (Å²) in [5, 5.41) is 5.23. The Morgan fingerprint density at radius 3 is 1.77 bits per heavy atom. The van der Waals surface area contributed by atoms with Crippen LogP contribution >= 0.6 is 11.6 Å². The van der Waals surface area contributed by atoms with Gasteiger partial charge in [0.1, 0.15) is 5.76 Å². The molecule has 0 aliphatic rings. The van der Waals surface area contributed by atoms with Crippen LogP contribution in [0.2, 0.25) is 5.02 Å². The Morgan fingerprint density at radius 2 is 1.17 bits per heavy atom. The molecule has 0 saturated carbocycles. The Bertz CT molecular complexity index is 2240. The van der Waals surface area contributed by atoms with E-state index in [-0.39, 0.29) is 18.7 Å². The Morgan fingerprint density at radius 1 is 0.623 bits per heavy atom. The standard InChI is InChI=1S/C19H13F4NO2.C18H10ClF4NO2.CH4/c1-11-5-4-6-12(9-11)24-18(25)16-10-15(20)17(26-16)13-7-2-3-8-14(13)19(21,22)23;19-10-4-3-5-11(8-10)24-17(25)16-14(20)9-15(26-16)12-6-1-2-7-13(12)18(21,22)23;/h2-10H,1H3,(H,24,25);1-9H,(H,24,25);1H4. The third-order valence-corrected chi connectivity index (χ3v) is 7.37. The van der Waals surface area contributed by atoms with Crippen molar-refractivity contribution in [3.63, 3.8) is 0 Å². The number of alkyl halides is 6. The zero-order valence-corrected chi connectivity index (χ0v) is 27.2. The first kappa shape index (κ1) is 39.9. The lowest BCUT2D eigenvalue weighted by molar-refractivity contribution is -0.138. The van der Waals surface area contributed by atoms with Crippen molar-refractivity contribution in [2.75, 3.05) is 10.6 Å². The van der Waals surface area contributed by atoms with Crippen LogP contribution in [0.3, 0.4) is 0 Å². The lowest BCUT2D eigenvalue weighted by Gasteiger charge is -2.10. The summed E-state index contributed by atoms with van der Waals surface area (Å²) in [7, 11) is 0. The van der Waals surface area contributed by atoms with Gasteiger partial charge in [0.05, 0.1) is 11.1 Å². The molecule has 2 amide bonds. The number of aryl methyl sites for hydroxylation is 1. The molecule has 6 nitrogen and oxygen atoms in total. The van der Waals surface area contributed by atoms with Crippen LogP contribution in [0.4, 0.5) is 46.5 Å². The molecule has 0 aliphatic heterocycles. The van der Waals surface area contributed by atoms with Gasteiger partial charge in [0.25, 0.3) is 11.8 Å². The van der Waals surface area contributed by atoms with E-state index < -0.39 is 75.5 Å². The Balaban J connectivity index is 0.000000232. The number of carbonyl (C=O) groups is 2. The van der Waals surface area contributed by atoms with Gasteiger partial charge in [-0.1, -0.05) is 73.6 Å². The van der Waals surface area contributed by atoms with Crippen molar-refractivity contribution >= 4 is 34.8 Å². The normalized spacial score (nSPS) is 11.2. The maximum absolute atomic E-state index is 14.2. The highest BCUT2D eigenvalue weighted by molar-refractivity contribution is 6.31. The molecule has 2 N–H and O–H groups in total. The number of hydrogen-bond donors (Lipinski definition) is 2. The average Bonchev–Trinajstić information content (AvgIpc) is 3.67. The molecule has 0 spiro atoms. The van der Waals surface area contributed by atoms with Crippen molar-refractivity contribution in [3.05, 3.63) is 154 Å². The molecule has 2 aromatic heterocycles. The van der Waals surface area contributed by atoms with E-state index in [0.717, 1.165) is 42.0 Å². The first-order chi connectivity index (χ1) is 24.5. The Hall–Kier alpha value is -5.89. The minimum absolute atomic E-state index is 0. The van der Waals surface area contributed by atoms with E-state index in [0.29, 0.717) is 10.7 Å². The summed E-state index contributed by atoms with van der Waals surface area (Å²) in [5.41, 5.74) is -1.21. The van der Waals surface area contributed by atoms with Gasteiger partial charge in [0.2, 0.25) is 5.76 Å². The van der Waals surface area contributed by atoms with Gasteiger partial charge < -0.3 is 19.5 Å². The summed E-state index contributed by atoms with van der Waals surface area (Å²) in [6, 6.07) is 23.5. The zero-order valence-electron chi connectivity index (χ0n) is 26.4. The summed E-state index contributed by atoms with van der Waals surface area (Å²) >= 11 is 5.79. The predicted octanol–water partition coefficient (Wildman–Crippen LogP) is 12.3. The molecule has 6 rings (SSSR count). The monoisotopic (exact) mass is 762 g/mol. The van der Waals surface area contributed by atoms with Crippen LogP contribution in [0.1, 0.15) is 45.2 Å². The third kappa shape index (κ3) is 9.71. The van der Waals surface area contributed by atoms with E-state index in [9.17, 15) is 44.7 Å². The lowest BCUT2D eigenvalue weighted by Crippen LogP contribution is -2.12. The summed E-state index contributed by atoms with van der Waals surface area (Å²) in [6.07, 6.45) is -9.33. The molecule has 0 unspecified atom stereocenters. The van der Waals surface area contributed by atoms with Gasteiger partial charge in [-0.2, -0.15) is 26.3 Å². The van der Waals surface area contributed by atoms with Crippen molar-refractivity contribution in [1.29, 1.82) is 0 Å². The molecule has 0 atom stereocenters. The molecule has 0 saturated heterocycles. The van der Waals surface area contributed by atoms with Gasteiger partial charge >= 0.3 is 12.4 Å². The van der Waals surface area contributed by atoms with Crippen LogP contribution in [-0.2, 0) is 12.4 Å². The molecule has 2 heterocycles. The number of benzene rings is 4. The molecule has 4 aromatic carbocycles. The molecule has 6 aromatic rings. The van der Waals surface area contributed by atoms with Crippen LogP contribution in [0.5, 0.6) is 0 Å². The van der Waals surface area contributed by atoms with Crippen molar-refractivity contribution in [2.24, 2.45) is 0 Å². The van der Waals surface area contributed by atoms with E-state index >= 15 is 0 Å². The number of amides is 2. The van der Waals surface area contributed by atoms with E-state index in [4.69, 9.17) is 20.4 Å². The van der Waals surface area contributed by atoms with Crippen LogP contribution < -0.4 is 10.6 Å². The summed E-state index contributed by atoms with van der Waals surface area (Å²) in [4.78, 5) is 24.4. The van der Waals surface area contributed by atoms with Crippen LogP contribution in [0.25, 0.3) is 22.6 Å². The third-order valence-electron chi connectivity index (χ3n) is 7.14. The predicted molar refractivity (Wildman–Crippen MR) is 183 cm³/mol. The SMILES string of the molecule is C.Cc1cccc(NC(=O)c2cc(F)c(-c3ccccc3C(F)(F)F)o2)c1.O=C(Nc1cccc(Cl)c1)c1oc(-c2ccccc2C(F)(F)F)cc1F. The van der Waals surface area contributed by atoms with Gasteiger partial charge in [-0.3, -0.25) is 9.59 Å². The highest BCUT2D eigenvalue weighted by atomic mass is 35.5. The molecule has 0 fully saturated rings. The number of carbonyl (C=O) groups excluding carboxylic acids is 2. The van der Waals surface area contributed by atoms with E-state index in [1.165, 1.54) is 36.4 Å². The molecule has 276 valence electrons. The van der Waals surface area contributed by atoms with Crippen LogP contribution in [0, 0.1) is 18.6 Å². The lowest BCUT2D eigenvalue weighted by atomic mass is 10.0. The van der Waals surface area contributed by atoms with Crippen molar-refractivity contribution in [2.45, 2.75) is 26.7 Å². The first-order valence-corrected chi connectivity index (χ1v) is 15.3. The number of nitrogens with one attached hydrogen (secondary N) is 2. The highest BCUT2D eigenvalue weighted by Gasteiger charge is 2.36. The largest absolute Gasteiger partial charge is 0.448 e. The maximum Gasteiger partial charge on any atom is 0.417 e. The smallest absolute Gasteiger partial charge is 0.417 e.